The number of rotatable bonds is 10. The Balaban J connectivity index is 4.33. The molecule has 0 rings (SSSR count). The van der Waals surface area contributed by atoms with Crippen LogP contribution >= 0.6 is 0 Å². The van der Waals surface area contributed by atoms with Crippen molar-refractivity contribution in [3.8, 4) is 0 Å². The van der Waals surface area contributed by atoms with Gasteiger partial charge in [0.15, 0.2) is 12.1 Å². The van der Waals surface area contributed by atoms with Gasteiger partial charge in [-0.1, -0.05) is 13.8 Å². The molecule has 0 saturated carbocycles. The van der Waals surface area contributed by atoms with E-state index in [4.69, 9.17) is 10.8 Å². The maximum Gasteiger partial charge on any atom is 0.237 e. The molecule has 0 aromatic rings. The molecule has 0 aromatic heterocycles. The molecule has 0 saturated heterocycles. The number of aliphatic hydroxyl groups excluding tert-OH is 1. The molecule has 1 amide bonds. The van der Waals surface area contributed by atoms with Crippen molar-refractivity contribution in [1.29, 1.82) is 0 Å². The van der Waals surface area contributed by atoms with Gasteiger partial charge in [0, 0.05) is 0 Å². The number of hydrogen-bond acceptors (Lipinski definition) is 6. The van der Waals surface area contributed by atoms with Gasteiger partial charge >= 0.3 is 0 Å². The first-order chi connectivity index (χ1) is 9.29. The molecule has 118 valence electrons. The van der Waals surface area contributed by atoms with E-state index in [2.05, 4.69) is 16.0 Å². The van der Waals surface area contributed by atoms with Gasteiger partial charge in [-0.3, -0.25) is 20.6 Å². The van der Waals surface area contributed by atoms with Crippen LogP contribution in [0.1, 0.15) is 33.6 Å². The molecule has 1 unspecified atom stereocenters. The van der Waals surface area contributed by atoms with Crippen molar-refractivity contribution in [2.45, 2.75) is 52.0 Å². The Labute approximate surface area is 120 Å². The van der Waals surface area contributed by atoms with E-state index in [0.29, 0.717) is 19.4 Å². The van der Waals surface area contributed by atoms with Gasteiger partial charge in [-0.2, -0.15) is 0 Å². The van der Waals surface area contributed by atoms with Crippen LogP contribution < -0.4 is 21.7 Å². The van der Waals surface area contributed by atoms with Crippen LogP contribution in [0.4, 0.5) is 0 Å². The molecule has 0 radical (unpaired) electrons. The average Bonchev–Trinajstić information content (AvgIpc) is 2.32. The second-order valence-corrected chi connectivity index (χ2v) is 5.22. The molecular weight excluding hydrogens is 260 g/mol. The Bertz CT molecular complexity index is 308. The van der Waals surface area contributed by atoms with Crippen molar-refractivity contribution in [1.82, 2.24) is 16.0 Å². The van der Waals surface area contributed by atoms with Gasteiger partial charge in [-0.05, 0) is 39.3 Å². The first-order valence-electron chi connectivity index (χ1n) is 6.94. The third-order valence-corrected chi connectivity index (χ3v) is 3.09. The van der Waals surface area contributed by atoms with Crippen molar-refractivity contribution < 1.29 is 14.7 Å². The lowest BCUT2D eigenvalue weighted by Crippen LogP contribution is -2.51. The average molecular weight is 288 g/mol. The molecule has 6 N–H and O–H groups in total. The summed E-state index contributed by atoms with van der Waals surface area (Å²) in [5, 5.41) is 17.2. The van der Waals surface area contributed by atoms with Crippen LogP contribution in [0.5, 0.6) is 0 Å². The van der Waals surface area contributed by atoms with Crippen molar-refractivity contribution >= 4 is 11.7 Å². The van der Waals surface area contributed by atoms with Crippen LogP contribution in [-0.4, -0.2) is 48.8 Å². The lowest BCUT2D eigenvalue weighted by molar-refractivity contribution is -0.129. The minimum absolute atomic E-state index is 0.0785. The standard InChI is InChI=1S/C13H28N4O3/c1-8(2)11(15-4)12(19)17-10(9(3)18)6-5-7-16-13(14)20/h8,10-11,13,15-16,20H,5-7,14H2,1-4H3,(H,17,19)/t10-,11-,13?/m0/s1. The summed E-state index contributed by atoms with van der Waals surface area (Å²) in [7, 11) is 1.72. The molecule has 0 bridgehead atoms. The Morgan fingerprint density at radius 3 is 2.30 bits per heavy atom. The molecule has 0 heterocycles. The van der Waals surface area contributed by atoms with Gasteiger partial charge in [-0.25, -0.2) is 0 Å². The third-order valence-electron chi connectivity index (χ3n) is 3.09. The molecule has 0 aliphatic carbocycles. The van der Waals surface area contributed by atoms with Crippen molar-refractivity contribution in [3.63, 3.8) is 0 Å². The zero-order valence-electron chi connectivity index (χ0n) is 12.8. The smallest absolute Gasteiger partial charge is 0.237 e. The zero-order valence-corrected chi connectivity index (χ0v) is 12.8. The number of ketones is 1. The number of nitrogens with two attached hydrogens (primary N) is 1. The van der Waals surface area contributed by atoms with Gasteiger partial charge in [0.2, 0.25) is 5.91 Å². The monoisotopic (exact) mass is 288 g/mol. The van der Waals surface area contributed by atoms with E-state index in [1.807, 2.05) is 13.8 Å². The molecule has 0 aliphatic heterocycles. The quantitative estimate of drug-likeness (QED) is 0.258. The molecule has 7 nitrogen and oxygen atoms in total. The fourth-order valence-electron chi connectivity index (χ4n) is 1.96. The van der Waals surface area contributed by atoms with E-state index in [1.54, 1.807) is 7.05 Å². The lowest BCUT2D eigenvalue weighted by atomic mass is 10.0. The summed E-state index contributed by atoms with van der Waals surface area (Å²) in [4.78, 5) is 23.6. The summed E-state index contributed by atoms with van der Waals surface area (Å²) >= 11 is 0. The van der Waals surface area contributed by atoms with E-state index in [0.717, 1.165) is 0 Å². The summed E-state index contributed by atoms with van der Waals surface area (Å²) in [5.41, 5.74) is 5.14. The summed E-state index contributed by atoms with van der Waals surface area (Å²) in [6.45, 7) is 5.82. The number of carbonyl (C=O) groups is 2. The fraction of sp³-hybridized carbons (Fsp3) is 0.846. The molecule has 7 heteroatoms. The van der Waals surface area contributed by atoms with Gasteiger partial charge in [0.25, 0.3) is 0 Å². The van der Waals surface area contributed by atoms with E-state index >= 15 is 0 Å². The van der Waals surface area contributed by atoms with Gasteiger partial charge in [0.1, 0.15) is 0 Å². The number of nitrogens with one attached hydrogen (secondary N) is 3. The SMILES string of the molecule is CN[C@H](C(=O)N[C@@H](CCCNC(N)O)C(C)=O)C(C)C. The topological polar surface area (TPSA) is 116 Å². The number of hydrogen-bond donors (Lipinski definition) is 5. The molecule has 0 fully saturated rings. The minimum atomic E-state index is -1.06. The number of carbonyl (C=O) groups excluding carboxylic acids is 2. The van der Waals surface area contributed by atoms with Crippen molar-refractivity contribution in [2.75, 3.05) is 13.6 Å². The highest BCUT2D eigenvalue weighted by atomic mass is 16.3. The van der Waals surface area contributed by atoms with Crippen LogP contribution in [0.2, 0.25) is 0 Å². The van der Waals surface area contributed by atoms with E-state index in [1.165, 1.54) is 6.92 Å². The predicted molar refractivity (Wildman–Crippen MR) is 77.7 cm³/mol. The van der Waals surface area contributed by atoms with E-state index in [9.17, 15) is 9.59 Å². The molecular formula is C13H28N4O3. The summed E-state index contributed by atoms with van der Waals surface area (Å²) < 4.78 is 0. The summed E-state index contributed by atoms with van der Waals surface area (Å²) in [5.74, 6) is -0.110. The van der Waals surface area contributed by atoms with E-state index in [-0.39, 0.29) is 23.7 Å². The normalized spacial score (nSPS) is 15.8. The van der Waals surface area contributed by atoms with Crippen molar-refractivity contribution in [2.24, 2.45) is 11.7 Å². The lowest BCUT2D eigenvalue weighted by Gasteiger charge is -2.23. The Morgan fingerprint density at radius 2 is 1.90 bits per heavy atom. The maximum atomic E-state index is 12.1. The van der Waals surface area contributed by atoms with Gasteiger partial charge in [-0.15, -0.1) is 0 Å². The molecule has 0 aliphatic rings. The van der Waals surface area contributed by atoms with Gasteiger partial charge in [0.05, 0.1) is 12.1 Å². The van der Waals surface area contributed by atoms with Crippen LogP contribution in [0.15, 0.2) is 0 Å². The Hall–Kier alpha value is -1.02. The Kier molecular flexibility index (Phi) is 9.32. The van der Waals surface area contributed by atoms with Crippen molar-refractivity contribution in [3.05, 3.63) is 0 Å². The second kappa shape index (κ2) is 9.82. The first kappa shape index (κ1) is 19.0. The highest BCUT2D eigenvalue weighted by Crippen LogP contribution is 2.04. The summed E-state index contributed by atoms with van der Waals surface area (Å²) in [6, 6.07) is -0.824. The highest BCUT2D eigenvalue weighted by molar-refractivity contribution is 5.89. The summed E-state index contributed by atoms with van der Waals surface area (Å²) in [6.07, 6.45) is 0.0787. The molecule has 3 atom stereocenters. The second-order valence-electron chi connectivity index (χ2n) is 5.22. The number of Topliss-reactive ketones (excluding diaryl/α,β-unsaturated/α-hetero) is 1. The first-order valence-corrected chi connectivity index (χ1v) is 6.94. The number of aliphatic hydroxyl groups is 1. The van der Waals surface area contributed by atoms with Crippen LogP contribution in [-0.2, 0) is 9.59 Å². The number of amides is 1. The van der Waals surface area contributed by atoms with Gasteiger partial charge < -0.3 is 15.7 Å². The minimum Gasteiger partial charge on any atom is -0.366 e. The zero-order chi connectivity index (χ0) is 15.7. The molecule has 0 spiro atoms. The highest BCUT2D eigenvalue weighted by Gasteiger charge is 2.24. The largest absolute Gasteiger partial charge is 0.366 e. The van der Waals surface area contributed by atoms with Crippen LogP contribution in [0.3, 0.4) is 0 Å². The molecule has 20 heavy (non-hydrogen) atoms. The van der Waals surface area contributed by atoms with E-state index < -0.39 is 12.4 Å². The number of likely N-dealkylation sites (N-methyl/N-ethyl adjacent to an activating group) is 1. The Morgan fingerprint density at radius 1 is 1.30 bits per heavy atom. The maximum absolute atomic E-state index is 12.1. The molecule has 0 aromatic carbocycles. The van der Waals surface area contributed by atoms with Crippen LogP contribution in [0, 0.1) is 5.92 Å². The predicted octanol–water partition coefficient (Wildman–Crippen LogP) is -1.09. The fourth-order valence-corrected chi connectivity index (χ4v) is 1.96. The third kappa shape index (κ3) is 7.54. The van der Waals surface area contributed by atoms with Crippen LogP contribution in [0.25, 0.3) is 0 Å².